The number of hydrogen-bond donors (Lipinski definition) is 1. The summed E-state index contributed by atoms with van der Waals surface area (Å²) in [5, 5.41) is 8.69. The fraction of sp³-hybridized carbons (Fsp3) is 0.750. The lowest BCUT2D eigenvalue weighted by molar-refractivity contribution is -0.821. The molecule has 0 aromatic carbocycles. The van der Waals surface area contributed by atoms with E-state index in [1.54, 1.807) is 6.34 Å². The number of aliphatic carboxylic acids is 1. The van der Waals surface area contributed by atoms with Crippen molar-refractivity contribution in [2.75, 3.05) is 26.2 Å². The standard InChI is InChI=1S/C8H14N2O2/c1-2-4-10(6-8(11)12)5-3-9-7-10/h7H,2-6H2,1H3/p+1. The average Bonchev–Trinajstić information content (AvgIpc) is 2.36. The van der Waals surface area contributed by atoms with Crippen LogP contribution in [0.5, 0.6) is 0 Å². The summed E-state index contributed by atoms with van der Waals surface area (Å²) in [6.45, 7) is 4.74. The van der Waals surface area contributed by atoms with Gasteiger partial charge in [-0.2, -0.15) is 0 Å². The molecule has 1 atom stereocenters. The molecule has 0 amide bonds. The zero-order valence-corrected chi connectivity index (χ0v) is 7.36. The molecule has 0 fully saturated rings. The van der Waals surface area contributed by atoms with Gasteiger partial charge in [-0.15, -0.1) is 0 Å². The largest absolute Gasteiger partial charge is 0.477 e. The van der Waals surface area contributed by atoms with Gasteiger partial charge in [-0.05, 0) is 6.42 Å². The molecule has 12 heavy (non-hydrogen) atoms. The summed E-state index contributed by atoms with van der Waals surface area (Å²) in [5.74, 6) is -0.739. The first-order valence-electron chi connectivity index (χ1n) is 4.27. The number of nitrogens with zero attached hydrogens (tertiary/aromatic N) is 2. The second-order valence-electron chi connectivity index (χ2n) is 3.24. The van der Waals surface area contributed by atoms with Gasteiger partial charge >= 0.3 is 5.97 Å². The maximum absolute atomic E-state index is 10.6. The minimum absolute atomic E-state index is 0.178. The van der Waals surface area contributed by atoms with E-state index < -0.39 is 5.97 Å². The van der Waals surface area contributed by atoms with E-state index in [0.29, 0.717) is 4.48 Å². The molecule has 1 aliphatic heterocycles. The monoisotopic (exact) mass is 171 g/mol. The predicted molar refractivity (Wildman–Crippen MR) is 46.1 cm³/mol. The number of hydrogen-bond acceptors (Lipinski definition) is 2. The van der Waals surface area contributed by atoms with Crippen molar-refractivity contribution in [3.05, 3.63) is 0 Å². The van der Waals surface area contributed by atoms with E-state index >= 15 is 0 Å². The summed E-state index contributed by atoms with van der Waals surface area (Å²) in [6, 6.07) is 0. The zero-order chi connectivity index (χ0) is 9.03. The van der Waals surface area contributed by atoms with Crippen molar-refractivity contribution in [3.63, 3.8) is 0 Å². The molecule has 0 aromatic rings. The summed E-state index contributed by atoms with van der Waals surface area (Å²) < 4.78 is 0.534. The highest BCUT2D eigenvalue weighted by molar-refractivity contribution is 5.69. The van der Waals surface area contributed by atoms with Gasteiger partial charge in [0.25, 0.3) is 0 Å². The Kier molecular flexibility index (Phi) is 2.81. The van der Waals surface area contributed by atoms with Crippen molar-refractivity contribution in [3.8, 4) is 0 Å². The molecule has 0 bridgehead atoms. The molecule has 4 nitrogen and oxygen atoms in total. The molecule has 0 aliphatic carbocycles. The third-order valence-corrected chi connectivity index (χ3v) is 2.12. The van der Waals surface area contributed by atoms with Gasteiger partial charge in [-0.3, -0.25) is 4.48 Å². The van der Waals surface area contributed by atoms with Crippen LogP contribution >= 0.6 is 0 Å². The number of carboxylic acid groups (broad SMARTS) is 1. The van der Waals surface area contributed by atoms with Crippen LogP contribution in [0.15, 0.2) is 4.99 Å². The average molecular weight is 171 g/mol. The minimum atomic E-state index is -0.739. The van der Waals surface area contributed by atoms with Crippen molar-refractivity contribution < 1.29 is 14.4 Å². The SMILES string of the molecule is CCC[N+]1(CC(=O)O)C=NCC1. The fourth-order valence-corrected chi connectivity index (χ4v) is 1.63. The number of carboxylic acids is 1. The second kappa shape index (κ2) is 3.67. The van der Waals surface area contributed by atoms with Gasteiger partial charge in [0.1, 0.15) is 6.54 Å². The van der Waals surface area contributed by atoms with Crippen molar-refractivity contribution in [1.29, 1.82) is 0 Å². The maximum atomic E-state index is 10.6. The van der Waals surface area contributed by atoms with Gasteiger partial charge in [-0.25, -0.2) is 9.79 Å². The van der Waals surface area contributed by atoms with Crippen LogP contribution in [0, 0.1) is 0 Å². The quantitative estimate of drug-likeness (QED) is 0.620. The number of quaternary nitrogens is 1. The Bertz CT molecular complexity index is 203. The molecule has 4 heteroatoms. The molecule has 1 aliphatic rings. The third-order valence-electron chi connectivity index (χ3n) is 2.12. The van der Waals surface area contributed by atoms with Crippen molar-refractivity contribution in [2.24, 2.45) is 4.99 Å². The lowest BCUT2D eigenvalue weighted by atomic mass is 10.3. The molecule has 1 rings (SSSR count). The molecule has 0 aromatic heterocycles. The van der Waals surface area contributed by atoms with E-state index in [1.807, 2.05) is 0 Å². The first-order chi connectivity index (χ1) is 5.68. The Morgan fingerprint density at radius 3 is 2.92 bits per heavy atom. The van der Waals surface area contributed by atoms with Gasteiger partial charge in [0.2, 0.25) is 0 Å². The van der Waals surface area contributed by atoms with Gasteiger partial charge in [0.15, 0.2) is 12.9 Å². The Morgan fingerprint density at radius 2 is 2.50 bits per heavy atom. The van der Waals surface area contributed by atoms with Crippen LogP contribution in [-0.4, -0.2) is 48.1 Å². The van der Waals surface area contributed by atoms with Crippen molar-refractivity contribution >= 4 is 12.3 Å². The molecule has 1 heterocycles. The molecule has 68 valence electrons. The van der Waals surface area contributed by atoms with Gasteiger partial charge in [0.05, 0.1) is 13.1 Å². The number of rotatable bonds is 4. The topological polar surface area (TPSA) is 49.7 Å². The Morgan fingerprint density at radius 1 is 1.75 bits per heavy atom. The molecular formula is C8H15N2O2+. The van der Waals surface area contributed by atoms with Gasteiger partial charge in [-0.1, -0.05) is 6.92 Å². The van der Waals surface area contributed by atoms with E-state index in [1.165, 1.54) is 0 Å². The lowest BCUT2D eigenvalue weighted by Gasteiger charge is -2.27. The first kappa shape index (κ1) is 9.19. The Balaban J connectivity index is 2.59. The molecule has 1 N–H and O–H groups in total. The fourth-order valence-electron chi connectivity index (χ4n) is 1.63. The van der Waals surface area contributed by atoms with Crippen LogP contribution in [0.1, 0.15) is 13.3 Å². The highest BCUT2D eigenvalue weighted by Crippen LogP contribution is 2.09. The third kappa shape index (κ3) is 2.04. The van der Waals surface area contributed by atoms with Crippen LogP contribution < -0.4 is 0 Å². The van der Waals surface area contributed by atoms with Crippen LogP contribution in [0.3, 0.4) is 0 Å². The predicted octanol–water partition coefficient (Wildman–Crippen LogP) is 0.340. The normalized spacial score (nSPS) is 27.8. The molecule has 0 saturated carbocycles. The molecule has 0 radical (unpaired) electrons. The van der Waals surface area contributed by atoms with Crippen LogP contribution in [0.2, 0.25) is 0 Å². The Hall–Kier alpha value is -0.900. The summed E-state index contributed by atoms with van der Waals surface area (Å²) in [5.41, 5.74) is 0. The Labute approximate surface area is 72.1 Å². The van der Waals surface area contributed by atoms with E-state index in [9.17, 15) is 4.79 Å². The second-order valence-corrected chi connectivity index (χ2v) is 3.24. The van der Waals surface area contributed by atoms with E-state index in [2.05, 4.69) is 11.9 Å². The van der Waals surface area contributed by atoms with Crippen molar-refractivity contribution in [1.82, 2.24) is 0 Å². The summed E-state index contributed by atoms with van der Waals surface area (Å²) >= 11 is 0. The molecule has 0 spiro atoms. The molecule has 1 unspecified atom stereocenters. The van der Waals surface area contributed by atoms with Crippen LogP contribution in [-0.2, 0) is 4.79 Å². The van der Waals surface area contributed by atoms with Gasteiger partial charge < -0.3 is 5.11 Å². The highest BCUT2D eigenvalue weighted by Gasteiger charge is 2.30. The van der Waals surface area contributed by atoms with Crippen molar-refractivity contribution in [2.45, 2.75) is 13.3 Å². The highest BCUT2D eigenvalue weighted by atomic mass is 16.4. The van der Waals surface area contributed by atoms with E-state index in [-0.39, 0.29) is 6.54 Å². The first-order valence-corrected chi connectivity index (χ1v) is 4.27. The van der Waals surface area contributed by atoms with E-state index in [0.717, 1.165) is 26.1 Å². The molecule has 0 saturated heterocycles. The smallest absolute Gasteiger partial charge is 0.359 e. The summed E-state index contributed by atoms with van der Waals surface area (Å²) in [4.78, 5) is 14.7. The summed E-state index contributed by atoms with van der Waals surface area (Å²) in [7, 11) is 0. The molecular weight excluding hydrogens is 156 g/mol. The van der Waals surface area contributed by atoms with E-state index in [4.69, 9.17) is 5.11 Å². The van der Waals surface area contributed by atoms with Crippen LogP contribution in [0.4, 0.5) is 0 Å². The maximum Gasteiger partial charge on any atom is 0.359 e. The number of carbonyl (C=O) groups is 1. The minimum Gasteiger partial charge on any atom is -0.477 e. The van der Waals surface area contributed by atoms with Gasteiger partial charge in [0, 0.05) is 0 Å². The number of aliphatic imine (C=N–C) groups is 1. The lowest BCUT2D eigenvalue weighted by Crippen LogP contribution is -2.49. The van der Waals surface area contributed by atoms with Crippen LogP contribution in [0.25, 0.3) is 0 Å². The summed E-state index contributed by atoms with van der Waals surface area (Å²) in [6.07, 6.45) is 2.79. The zero-order valence-electron chi connectivity index (χ0n) is 7.36.